The highest BCUT2D eigenvalue weighted by Gasteiger charge is 2.12. The number of halogens is 1. The van der Waals surface area contributed by atoms with Crippen molar-refractivity contribution in [2.45, 2.75) is 27.2 Å². The fourth-order valence-corrected chi connectivity index (χ4v) is 2.37. The predicted octanol–water partition coefficient (Wildman–Crippen LogP) is 4.56. The maximum absolute atomic E-state index is 12.4. The molecule has 0 saturated carbocycles. The fourth-order valence-electron chi connectivity index (χ4n) is 2.21. The molecule has 0 atom stereocenters. The number of nitrogens with one attached hydrogen (secondary N) is 2. The van der Waals surface area contributed by atoms with E-state index in [1.54, 1.807) is 31.2 Å². The van der Waals surface area contributed by atoms with Gasteiger partial charge >= 0.3 is 0 Å². The first-order valence-corrected chi connectivity index (χ1v) is 7.76. The van der Waals surface area contributed by atoms with Gasteiger partial charge in [-0.3, -0.25) is 9.59 Å². The second-order valence-electron chi connectivity index (χ2n) is 5.37. The van der Waals surface area contributed by atoms with E-state index in [9.17, 15) is 9.59 Å². The summed E-state index contributed by atoms with van der Waals surface area (Å²) < 4.78 is 0. The summed E-state index contributed by atoms with van der Waals surface area (Å²) in [6.45, 7) is 5.64. The monoisotopic (exact) mass is 330 g/mol. The summed E-state index contributed by atoms with van der Waals surface area (Å²) in [5.74, 6) is -0.331. The standard InChI is InChI=1S/C18H19ClN2O2/c1-4-17(22)20-13-6-8-15(19)16(10-13)21-18(23)14-7-5-11(2)9-12(14)3/h5-10H,4H2,1-3H3,(H,20,22)(H,21,23). The van der Waals surface area contributed by atoms with Gasteiger partial charge in [0.2, 0.25) is 5.91 Å². The van der Waals surface area contributed by atoms with Gasteiger partial charge in [0.1, 0.15) is 0 Å². The summed E-state index contributed by atoms with van der Waals surface area (Å²) >= 11 is 6.14. The van der Waals surface area contributed by atoms with Gasteiger partial charge in [-0.25, -0.2) is 0 Å². The first kappa shape index (κ1) is 17.0. The highest BCUT2D eigenvalue weighted by atomic mass is 35.5. The Kier molecular flexibility index (Phi) is 5.40. The maximum Gasteiger partial charge on any atom is 0.255 e. The Morgan fingerprint density at radius 2 is 1.78 bits per heavy atom. The summed E-state index contributed by atoms with van der Waals surface area (Å²) in [6, 6.07) is 10.6. The van der Waals surface area contributed by atoms with Crippen LogP contribution in [-0.2, 0) is 4.79 Å². The lowest BCUT2D eigenvalue weighted by molar-refractivity contribution is -0.115. The molecule has 0 radical (unpaired) electrons. The van der Waals surface area contributed by atoms with Crippen LogP contribution in [0.2, 0.25) is 5.02 Å². The van der Waals surface area contributed by atoms with Gasteiger partial charge in [-0.05, 0) is 43.7 Å². The molecule has 0 aromatic heterocycles. The molecule has 0 saturated heterocycles. The predicted molar refractivity (Wildman–Crippen MR) is 94.2 cm³/mol. The lowest BCUT2D eigenvalue weighted by Gasteiger charge is -2.12. The van der Waals surface area contributed by atoms with Crippen molar-refractivity contribution in [1.82, 2.24) is 0 Å². The lowest BCUT2D eigenvalue weighted by atomic mass is 10.1. The first-order chi connectivity index (χ1) is 10.9. The molecule has 0 aliphatic heterocycles. The van der Waals surface area contributed by atoms with Crippen molar-refractivity contribution >= 4 is 34.8 Å². The summed E-state index contributed by atoms with van der Waals surface area (Å²) in [7, 11) is 0. The fraction of sp³-hybridized carbons (Fsp3) is 0.222. The van der Waals surface area contributed by atoms with E-state index in [0.717, 1.165) is 11.1 Å². The third-order valence-corrected chi connectivity index (χ3v) is 3.78. The molecule has 4 nitrogen and oxygen atoms in total. The number of rotatable bonds is 4. The van der Waals surface area contributed by atoms with Gasteiger partial charge in [-0.2, -0.15) is 0 Å². The van der Waals surface area contributed by atoms with Gasteiger partial charge in [-0.1, -0.05) is 36.2 Å². The van der Waals surface area contributed by atoms with E-state index in [2.05, 4.69) is 10.6 Å². The maximum atomic E-state index is 12.4. The van der Waals surface area contributed by atoms with Gasteiger partial charge in [0.05, 0.1) is 10.7 Å². The van der Waals surface area contributed by atoms with Crippen LogP contribution in [0.15, 0.2) is 36.4 Å². The molecule has 2 amide bonds. The van der Waals surface area contributed by atoms with Gasteiger partial charge < -0.3 is 10.6 Å². The summed E-state index contributed by atoms with van der Waals surface area (Å²) in [6.07, 6.45) is 0.382. The van der Waals surface area contributed by atoms with Crippen molar-refractivity contribution in [2.24, 2.45) is 0 Å². The number of hydrogen-bond acceptors (Lipinski definition) is 2. The number of carbonyl (C=O) groups is 2. The third kappa shape index (κ3) is 4.33. The summed E-state index contributed by atoms with van der Waals surface area (Å²) in [5, 5.41) is 5.95. The number of anilines is 2. The minimum Gasteiger partial charge on any atom is -0.326 e. The molecular weight excluding hydrogens is 312 g/mol. The third-order valence-electron chi connectivity index (χ3n) is 3.45. The largest absolute Gasteiger partial charge is 0.326 e. The second-order valence-corrected chi connectivity index (χ2v) is 5.78. The van der Waals surface area contributed by atoms with E-state index >= 15 is 0 Å². The van der Waals surface area contributed by atoms with Crippen LogP contribution in [0.4, 0.5) is 11.4 Å². The van der Waals surface area contributed by atoms with Crippen LogP contribution in [0.25, 0.3) is 0 Å². The van der Waals surface area contributed by atoms with Gasteiger partial charge in [0.15, 0.2) is 0 Å². The molecule has 0 spiro atoms. The molecule has 5 heteroatoms. The zero-order chi connectivity index (χ0) is 17.0. The number of aryl methyl sites for hydroxylation is 2. The zero-order valence-electron chi connectivity index (χ0n) is 13.4. The van der Waals surface area contributed by atoms with Crippen molar-refractivity contribution < 1.29 is 9.59 Å². The summed E-state index contributed by atoms with van der Waals surface area (Å²) in [4.78, 5) is 23.9. The van der Waals surface area contributed by atoms with Gasteiger partial charge in [0, 0.05) is 17.7 Å². The molecule has 2 aromatic carbocycles. The normalized spacial score (nSPS) is 10.3. The van der Waals surface area contributed by atoms with Crippen molar-refractivity contribution in [2.75, 3.05) is 10.6 Å². The minimum atomic E-state index is -0.233. The minimum absolute atomic E-state index is 0.0982. The average molecular weight is 331 g/mol. The van der Waals surface area contributed by atoms with Crippen molar-refractivity contribution in [3.63, 3.8) is 0 Å². The SMILES string of the molecule is CCC(=O)Nc1ccc(Cl)c(NC(=O)c2ccc(C)cc2C)c1. The Morgan fingerprint density at radius 3 is 2.43 bits per heavy atom. The Balaban J connectivity index is 2.23. The Bertz CT molecular complexity index is 757. The molecule has 0 bridgehead atoms. The molecule has 0 aliphatic rings. The van der Waals surface area contributed by atoms with Gasteiger partial charge in [0.25, 0.3) is 5.91 Å². The number of amides is 2. The van der Waals surface area contributed by atoms with E-state index in [1.807, 2.05) is 26.0 Å². The molecule has 2 N–H and O–H groups in total. The topological polar surface area (TPSA) is 58.2 Å². The average Bonchev–Trinajstić information content (AvgIpc) is 2.50. The quantitative estimate of drug-likeness (QED) is 0.863. The van der Waals surface area contributed by atoms with E-state index in [-0.39, 0.29) is 11.8 Å². The Labute approximate surface area is 140 Å². The van der Waals surface area contributed by atoms with Crippen LogP contribution in [0, 0.1) is 13.8 Å². The first-order valence-electron chi connectivity index (χ1n) is 7.38. The van der Waals surface area contributed by atoms with E-state index in [0.29, 0.717) is 28.4 Å². The van der Waals surface area contributed by atoms with Crippen molar-refractivity contribution in [3.05, 3.63) is 58.1 Å². The molecule has 120 valence electrons. The van der Waals surface area contributed by atoms with Crippen molar-refractivity contribution in [1.29, 1.82) is 0 Å². The molecule has 0 heterocycles. The number of hydrogen-bond donors (Lipinski definition) is 2. The van der Waals surface area contributed by atoms with E-state index < -0.39 is 0 Å². The number of carbonyl (C=O) groups excluding carboxylic acids is 2. The smallest absolute Gasteiger partial charge is 0.255 e. The van der Waals surface area contributed by atoms with E-state index in [4.69, 9.17) is 11.6 Å². The van der Waals surface area contributed by atoms with E-state index in [1.165, 1.54) is 0 Å². The molecule has 2 aromatic rings. The van der Waals surface area contributed by atoms with Crippen LogP contribution in [0.5, 0.6) is 0 Å². The van der Waals surface area contributed by atoms with Crippen LogP contribution < -0.4 is 10.6 Å². The Morgan fingerprint density at radius 1 is 1.04 bits per heavy atom. The molecular formula is C18H19ClN2O2. The highest BCUT2D eigenvalue weighted by molar-refractivity contribution is 6.34. The van der Waals surface area contributed by atoms with Crippen LogP contribution in [-0.4, -0.2) is 11.8 Å². The molecule has 0 aliphatic carbocycles. The Hall–Kier alpha value is -2.33. The van der Waals surface area contributed by atoms with Crippen LogP contribution in [0.3, 0.4) is 0 Å². The second kappa shape index (κ2) is 7.29. The molecule has 2 rings (SSSR count). The highest BCUT2D eigenvalue weighted by Crippen LogP contribution is 2.26. The lowest BCUT2D eigenvalue weighted by Crippen LogP contribution is -2.14. The van der Waals surface area contributed by atoms with Crippen LogP contribution >= 0.6 is 11.6 Å². The molecule has 0 fully saturated rings. The van der Waals surface area contributed by atoms with Crippen molar-refractivity contribution in [3.8, 4) is 0 Å². The zero-order valence-corrected chi connectivity index (χ0v) is 14.1. The van der Waals surface area contributed by atoms with Gasteiger partial charge in [-0.15, -0.1) is 0 Å². The molecule has 23 heavy (non-hydrogen) atoms. The van der Waals surface area contributed by atoms with Crippen LogP contribution in [0.1, 0.15) is 34.8 Å². The number of benzene rings is 2. The molecule has 0 unspecified atom stereocenters. The summed E-state index contributed by atoms with van der Waals surface area (Å²) in [5.41, 5.74) is 3.65.